The summed E-state index contributed by atoms with van der Waals surface area (Å²) < 4.78 is 16.8. The molecule has 0 saturated heterocycles. The number of hydrogen-bond donors (Lipinski definition) is 1. The fourth-order valence-electron chi connectivity index (χ4n) is 4.58. The number of nitrogens with zero attached hydrogens (tertiary/aromatic N) is 1. The number of carbonyl (C=O) groups excluding carboxylic acids is 1. The first-order valence-electron chi connectivity index (χ1n) is 13.0. The molecule has 6 heteroatoms. The van der Waals surface area contributed by atoms with E-state index in [1.54, 1.807) is 14.2 Å². The Labute approximate surface area is 219 Å². The second kappa shape index (κ2) is 12.9. The second-order valence-corrected chi connectivity index (χ2v) is 9.21. The Morgan fingerprint density at radius 1 is 0.973 bits per heavy atom. The molecule has 0 aliphatic carbocycles. The van der Waals surface area contributed by atoms with Crippen LogP contribution >= 0.6 is 0 Å². The van der Waals surface area contributed by atoms with E-state index in [0.29, 0.717) is 31.1 Å². The van der Waals surface area contributed by atoms with E-state index < -0.39 is 0 Å². The van der Waals surface area contributed by atoms with Crippen molar-refractivity contribution in [3.05, 3.63) is 89.0 Å². The SMILES string of the molecule is CCCCOc1ccc(CC(=O)N[C@@H](Cc2ccccc2)C2=NCCc3cc(OC)c(OC)cc32)cc1. The number of rotatable bonds is 12. The van der Waals surface area contributed by atoms with E-state index in [2.05, 4.69) is 24.4 Å². The fourth-order valence-corrected chi connectivity index (χ4v) is 4.58. The number of unbranched alkanes of at least 4 members (excludes halogenated alkanes) is 1. The zero-order chi connectivity index (χ0) is 26.0. The van der Waals surface area contributed by atoms with Crippen LogP contribution in [0.15, 0.2) is 71.7 Å². The van der Waals surface area contributed by atoms with Crippen LogP contribution in [0.25, 0.3) is 0 Å². The van der Waals surface area contributed by atoms with Crippen molar-refractivity contribution in [2.75, 3.05) is 27.4 Å². The van der Waals surface area contributed by atoms with Crippen LogP contribution in [-0.2, 0) is 24.1 Å². The first kappa shape index (κ1) is 26.3. The smallest absolute Gasteiger partial charge is 0.224 e. The topological polar surface area (TPSA) is 69.2 Å². The molecule has 0 saturated carbocycles. The Hall–Kier alpha value is -3.80. The van der Waals surface area contributed by atoms with Gasteiger partial charge in [0.1, 0.15) is 5.75 Å². The molecular weight excluding hydrogens is 464 g/mol. The van der Waals surface area contributed by atoms with Gasteiger partial charge >= 0.3 is 0 Å². The van der Waals surface area contributed by atoms with Gasteiger partial charge in [-0.15, -0.1) is 0 Å². The van der Waals surface area contributed by atoms with E-state index in [-0.39, 0.29) is 18.4 Å². The second-order valence-electron chi connectivity index (χ2n) is 9.21. The molecule has 0 unspecified atom stereocenters. The summed E-state index contributed by atoms with van der Waals surface area (Å²) in [5.41, 5.74) is 5.10. The summed E-state index contributed by atoms with van der Waals surface area (Å²) in [6.07, 6.45) is 3.87. The summed E-state index contributed by atoms with van der Waals surface area (Å²) in [4.78, 5) is 18.1. The number of methoxy groups -OCH3 is 2. The highest BCUT2D eigenvalue weighted by Gasteiger charge is 2.26. The normalized spacial score (nSPS) is 13.2. The molecule has 1 atom stereocenters. The molecule has 1 amide bonds. The summed E-state index contributed by atoms with van der Waals surface area (Å²) in [5.74, 6) is 2.14. The van der Waals surface area contributed by atoms with Gasteiger partial charge in [0, 0.05) is 12.1 Å². The first-order chi connectivity index (χ1) is 18.1. The number of benzene rings is 3. The van der Waals surface area contributed by atoms with Gasteiger partial charge in [-0.25, -0.2) is 0 Å². The van der Waals surface area contributed by atoms with Gasteiger partial charge < -0.3 is 19.5 Å². The zero-order valence-electron chi connectivity index (χ0n) is 22.0. The predicted octanol–water partition coefficient (Wildman–Crippen LogP) is 5.20. The average molecular weight is 501 g/mol. The van der Waals surface area contributed by atoms with Crippen molar-refractivity contribution in [2.24, 2.45) is 4.99 Å². The number of amides is 1. The molecule has 3 aromatic rings. The fraction of sp³-hybridized carbons (Fsp3) is 0.355. The summed E-state index contributed by atoms with van der Waals surface area (Å²) in [7, 11) is 3.28. The number of hydrogen-bond acceptors (Lipinski definition) is 5. The summed E-state index contributed by atoms with van der Waals surface area (Å²) in [5, 5.41) is 3.27. The summed E-state index contributed by atoms with van der Waals surface area (Å²) in [6.45, 7) is 3.51. The molecule has 1 heterocycles. The molecule has 0 aromatic heterocycles. The molecular formula is C31H36N2O4. The van der Waals surface area contributed by atoms with Crippen LogP contribution in [-0.4, -0.2) is 45.0 Å². The average Bonchev–Trinajstić information content (AvgIpc) is 2.93. The lowest BCUT2D eigenvalue weighted by molar-refractivity contribution is -0.120. The number of fused-ring (bicyclic) bond motifs is 1. The van der Waals surface area contributed by atoms with Crippen molar-refractivity contribution in [1.29, 1.82) is 0 Å². The highest BCUT2D eigenvalue weighted by atomic mass is 16.5. The maximum Gasteiger partial charge on any atom is 0.224 e. The lowest BCUT2D eigenvalue weighted by Gasteiger charge is -2.27. The molecule has 1 N–H and O–H groups in total. The van der Waals surface area contributed by atoms with Crippen molar-refractivity contribution < 1.29 is 19.0 Å². The lowest BCUT2D eigenvalue weighted by atomic mass is 9.90. The van der Waals surface area contributed by atoms with E-state index >= 15 is 0 Å². The highest BCUT2D eigenvalue weighted by Crippen LogP contribution is 2.33. The third-order valence-electron chi connectivity index (χ3n) is 6.55. The molecule has 1 aliphatic heterocycles. The molecule has 0 radical (unpaired) electrons. The van der Waals surface area contributed by atoms with Gasteiger partial charge in [0.05, 0.1) is 39.0 Å². The molecule has 194 valence electrons. The minimum Gasteiger partial charge on any atom is -0.494 e. The number of carbonyl (C=O) groups is 1. The molecule has 0 fully saturated rings. The van der Waals surface area contributed by atoms with Gasteiger partial charge in [0.15, 0.2) is 11.5 Å². The van der Waals surface area contributed by atoms with Crippen LogP contribution in [0, 0.1) is 0 Å². The maximum atomic E-state index is 13.2. The van der Waals surface area contributed by atoms with Crippen molar-refractivity contribution in [1.82, 2.24) is 5.32 Å². The molecule has 1 aliphatic rings. The standard InChI is InChI=1S/C31H36N2O4/c1-4-5-17-37-25-13-11-23(12-14-25)19-30(34)33-27(18-22-9-7-6-8-10-22)31-26-21-29(36-3)28(35-2)20-24(26)15-16-32-31/h6-14,20-21,27H,4-5,15-19H2,1-3H3,(H,33,34)/t27-/m0/s1. The zero-order valence-corrected chi connectivity index (χ0v) is 22.0. The quantitative estimate of drug-likeness (QED) is 0.347. The first-order valence-corrected chi connectivity index (χ1v) is 13.0. The van der Waals surface area contributed by atoms with Crippen LogP contribution in [0.4, 0.5) is 0 Å². The van der Waals surface area contributed by atoms with Gasteiger partial charge in [0.2, 0.25) is 5.91 Å². The van der Waals surface area contributed by atoms with Gasteiger partial charge in [-0.2, -0.15) is 0 Å². The highest BCUT2D eigenvalue weighted by molar-refractivity contribution is 6.08. The monoisotopic (exact) mass is 500 g/mol. The summed E-state index contributed by atoms with van der Waals surface area (Å²) in [6, 6.07) is 21.7. The Bertz CT molecular complexity index is 1210. The Kier molecular flexibility index (Phi) is 9.19. The van der Waals surface area contributed by atoms with E-state index in [4.69, 9.17) is 19.2 Å². The van der Waals surface area contributed by atoms with Crippen LogP contribution < -0.4 is 19.5 Å². The Balaban J connectivity index is 1.54. The molecule has 0 spiro atoms. The predicted molar refractivity (Wildman–Crippen MR) is 147 cm³/mol. The minimum atomic E-state index is -0.274. The van der Waals surface area contributed by atoms with Gasteiger partial charge in [-0.1, -0.05) is 55.8 Å². The Morgan fingerprint density at radius 2 is 1.70 bits per heavy atom. The van der Waals surface area contributed by atoms with Crippen molar-refractivity contribution >= 4 is 11.6 Å². The minimum absolute atomic E-state index is 0.0455. The Morgan fingerprint density at radius 3 is 2.41 bits per heavy atom. The molecule has 4 rings (SSSR count). The maximum absolute atomic E-state index is 13.2. The van der Waals surface area contributed by atoms with Crippen molar-refractivity contribution in [3.63, 3.8) is 0 Å². The van der Waals surface area contributed by atoms with E-state index in [9.17, 15) is 4.79 Å². The van der Waals surface area contributed by atoms with E-state index in [1.165, 1.54) is 0 Å². The van der Waals surface area contributed by atoms with Crippen LogP contribution in [0.3, 0.4) is 0 Å². The molecule has 6 nitrogen and oxygen atoms in total. The van der Waals surface area contributed by atoms with Crippen LogP contribution in [0.5, 0.6) is 17.2 Å². The molecule has 37 heavy (non-hydrogen) atoms. The lowest BCUT2D eigenvalue weighted by Crippen LogP contribution is -2.44. The third kappa shape index (κ3) is 6.91. The van der Waals surface area contributed by atoms with Crippen molar-refractivity contribution in [2.45, 2.75) is 45.1 Å². The largest absolute Gasteiger partial charge is 0.494 e. The third-order valence-corrected chi connectivity index (χ3v) is 6.55. The van der Waals surface area contributed by atoms with Crippen LogP contribution in [0.2, 0.25) is 0 Å². The van der Waals surface area contributed by atoms with Crippen LogP contribution in [0.1, 0.15) is 42.0 Å². The molecule has 3 aromatic carbocycles. The van der Waals surface area contributed by atoms with E-state index in [1.807, 2.05) is 54.6 Å². The van der Waals surface area contributed by atoms with Crippen molar-refractivity contribution in [3.8, 4) is 17.2 Å². The van der Waals surface area contributed by atoms with Gasteiger partial charge in [0.25, 0.3) is 0 Å². The number of nitrogens with one attached hydrogen (secondary N) is 1. The van der Waals surface area contributed by atoms with Gasteiger partial charge in [-0.3, -0.25) is 9.79 Å². The summed E-state index contributed by atoms with van der Waals surface area (Å²) >= 11 is 0. The van der Waals surface area contributed by atoms with E-state index in [0.717, 1.165) is 53.0 Å². The van der Waals surface area contributed by atoms with Gasteiger partial charge in [-0.05, 0) is 60.2 Å². The molecule has 0 bridgehead atoms. The number of ether oxygens (including phenoxy) is 3. The number of aliphatic imine (C=N–C) groups is 1.